The van der Waals surface area contributed by atoms with Gasteiger partial charge < -0.3 is 4.90 Å². The maximum Gasteiger partial charge on any atom is 0.416 e. The van der Waals surface area contributed by atoms with Gasteiger partial charge in [-0.05, 0) is 30.7 Å². The number of halogens is 3. The highest BCUT2D eigenvalue weighted by Gasteiger charge is 2.32. The molecule has 0 spiro atoms. The van der Waals surface area contributed by atoms with E-state index in [0.717, 1.165) is 6.07 Å². The fraction of sp³-hybridized carbons (Fsp3) is 0.364. The number of hydrogen-bond donors (Lipinski definition) is 0. The Morgan fingerprint density at radius 3 is 2.19 bits per heavy atom. The molecule has 0 aromatic heterocycles. The maximum absolute atomic E-state index is 12.4. The van der Waals surface area contributed by atoms with Crippen molar-refractivity contribution in [1.29, 1.82) is 0 Å². The summed E-state index contributed by atoms with van der Waals surface area (Å²) in [6, 6.07) is 3.38. The van der Waals surface area contributed by atoms with Crippen molar-refractivity contribution in [3.8, 4) is 0 Å². The van der Waals surface area contributed by atoms with Gasteiger partial charge in [0.15, 0.2) is 0 Å². The fourth-order valence-corrected chi connectivity index (χ4v) is 1.37. The first kappa shape index (κ1) is 12.5. The molecule has 5 heteroatoms. The summed E-state index contributed by atoms with van der Waals surface area (Å²) < 4.78 is 37.3. The van der Waals surface area contributed by atoms with Crippen molar-refractivity contribution in [2.45, 2.75) is 13.1 Å². The third kappa shape index (κ3) is 2.53. The van der Waals surface area contributed by atoms with Crippen LogP contribution in [0.2, 0.25) is 0 Å². The monoisotopic (exact) mass is 231 g/mol. The van der Waals surface area contributed by atoms with Gasteiger partial charge in [0, 0.05) is 19.7 Å². The zero-order valence-electron chi connectivity index (χ0n) is 9.22. The number of rotatable bonds is 1. The topological polar surface area (TPSA) is 20.3 Å². The molecule has 16 heavy (non-hydrogen) atoms. The minimum Gasteiger partial charge on any atom is -0.345 e. The molecule has 0 saturated carbocycles. The number of aryl methyl sites for hydroxylation is 1. The Morgan fingerprint density at radius 1 is 1.25 bits per heavy atom. The molecule has 1 aromatic rings. The minimum atomic E-state index is -4.37. The zero-order chi connectivity index (χ0) is 12.5. The standard InChI is InChI=1S/C11H12F3NO/c1-7-6-8(10(16)15(2)3)4-5-9(7)11(12,13)14/h4-6H,1-3H3. The third-order valence-corrected chi connectivity index (χ3v) is 2.18. The van der Waals surface area contributed by atoms with Crippen LogP contribution >= 0.6 is 0 Å². The Bertz CT molecular complexity index is 410. The number of carbonyl (C=O) groups excluding carboxylic acids is 1. The van der Waals surface area contributed by atoms with Crippen LogP contribution in [-0.4, -0.2) is 24.9 Å². The Kier molecular flexibility index (Phi) is 3.26. The average molecular weight is 231 g/mol. The summed E-state index contributed by atoms with van der Waals surface area (Å²) in [5.41, 5.74) is -0.390. The van der Waals surface area contributed by atoms with E-state index in [1.807, 2.05) is 0 Å². The summed E-state index contributed by atoms with van der Waals surface area (Å²) in [5.74, 6) is -0.308. The van der Waals surface area contributed by atoms with Crippen LogP contribution in [0.1, 0.15) is 21.5 Å². The molecular formula is C11H12F3NO. The molecule has 1 rings (SSSR count). The van der Waals surface area contributed by atoms with Crippen LogP contribution in [0.15, 0.2) is 18.2 Å². The Balaban J connectivity index is 3.15. The Hall–Kier alpha value is -1.52. The molecule has 0 radical (unpaired) electrons. The van der Waals surface area contributed by atoms with Gasteiger partial charge in [-0.3, -0.25) is 4.79 Å². The highest BCUT2D eigenvalue weighted by molar-refractivity contribution is 5.94. The van der Waals surface area contributed by atoms with Gasteiger partial charge in [0.05, 0.1) is 5.56 Å². The number of carbonyl (C=O) groups is 1. The molecule has 0 aliphatic carbocycles. The molecule has 1 amide bonds. The lowest BCUT2D eigenvalue weighted by Crippen LogP contribution is -2.22. The molecule has 0 heterocycles. The van der Waals surface area contributed by atoms with Crippen molar-refractivity contribution in [3.05, 3.63) is 34.9 Å². The molecular weight excluding hydrogens is 219 g/mol. The molecule has 0 aliphatic heterocycles. The van der Waals surface area contributed by atoms with Gasteiger partial charge >= 0.3 is 6.18 Å². The first-order valence-electron chi connectivity index (χ1n) is 4.63. The molecule has 0 unspecified atom stereocenters. The van der Waals surface area contributed by atoms with Gasteiger partial charge in [-0.15, -0.1) is 0 Å². The van der Waals surface area contributed by atoms with Gasteiger partial charge in [-0.2, -0.15) is 13.2 Å². The second-order valence-corrected chi connectivity index (χ2v) is 3.73. The van der Waals surface area contributed by atoms with Crippen LogP contribution in [0.3, 0.4) is 0 Å². The summed E-state index contributed by atoms with van der Waals surface area (Å²) in [5, 5.41) is 0. The molecule has 0 fully saturated rings. The first-order valence-corrected chi connectivity index (χ1v) is 4.63. The van der Waals surface area contributed by atoms with Gasteiger partial charge in [-0.1, -0.05) is 0 Å². The van der Waals surface area contributed by atoms with Crippen LogP contribution in [-0.2, 0) is 6.18 Å². The van der Waals surface area contributed by atoms with E-state index in [4.69, 9.17) is 0 Å². The Labute approximate surface area is 91.7 Å². The summed E-state index contributed by atoms with van der Waals surface area (Å²) in [4.78, 5) is 12.8. The SMILES string of the molecule is Cc1cc(C(=O)N(C)C)ccc1C(F)(F)F. The molecule has 1 aromatic carbocycles. The zero-order valence-corrected chi connectivity index (χ0v) is 9.22. The van der Waals surface area contributed by atoms with Crippen molar-refractivity contribution in [2.75, 3.05) is 14.1 Å². The summed E-state index contributed by atoms with van der Waals surface area (Å²) in [6.45, 7) is 1.34. The number of benzene rings is 1. The number of nitrogens with zero attached hydrogens (tertiary/aromatic N) is 1. The number of amides is 1. The molecule has 88 valence electrons. The van der Waals surface area contributed by atoms with Crippen LogP contribution in [0.4, 0.5) is 13.2 Å². The predicted molar refractivity (Wildman–Crippen MR) is 54.2 cm³/mol. The molecule has 0 aliphatic rings. The predicted octanol–water partition coefficient (Wildman–Crippen LogP) is 2.72. The highest BCUT2D eigenvalue weighted by atomic mass is 19.4. The second-order valence-electron chi connectivity index (χ2n) is 3.73. The van der Waals surface area contributed by atoms with E-state index < -0.39 is 11.7 Å². The first-order chi connectivity index (χ1) is 7.23. The summed E-state index contributed by atoms with van der Waals surface area (Å²) in [6.07, 6.45) is -4.37. The molecule has 0 atom stereocenters. The minimum absolute atomic E-state index is 0.0557. The molecule has 0 N–H and O–H groups in total. The largest absolute Gasteiger partial charge is 0.416 e. The lowest BCUT2D eigenvalue weighted by molar-refractivity contribution is -0.138. The van der Waals surface area contributed by atoms with E-state index in [0.29, 0.717) is 0 Å². The normalized spacial score (nSPS) is 11.4. The van der Waals surface area contributed by atoms with E-state index >= 15 is 0 Å². The smallest absolute Gasteiger partial charge is 0.345 e. The van der Waals surface area contributed by atoms with Crippen molar-refractivity contribution in [3.63, 3.8) is 0 Å². The van der Waals surface area contributed by atoms with Crippen LogP contribution < -0.4 is 0 Å². The lowest BCUT2D eigenvalue weighted by atomic mass is 10.0. The Morgan fingerprint density at radius 2 is 1.81 bits per heavy atom. The van der Waals surface area contributed by atoms with Crippen molar-refractivity contribution in [1.82, 2.24) is 4.90 Å². The summed E-state index contributed by atoms with van der Waals surface area (Å²) in [7, 11) is 3.10. The molecule has 0 bridgehead atoms. The van der Waals surface area contributed by atoms with E-state index in [9.17, 15) is 18.0 Å². The van der Waals surface area contributed by atoms with Crippen LogP contribution in [0.25, 0.3) is 0 Å². The number of hydrogen-bond acceptors (Lipinski definition) is 1. The lowest BCUT2D eigenvalue weighted by Gasteiger charge is -2.14. The van der Waals surface area contributed by atoms with Gasteiger partial charge in [-0.25, -0.2) is 0 Å². The second kappa shape index (κ2) is 4.15. The van der Waals surface area contributed by atoms with E-state index in [1.54, 1.807) is 14.1 Å². The van der Waals surface area contributed by atoms with Gasteiger partial charge in [0.2, 0.25) is 0 Å². The van der Waals surface area contributed by atoms with E-state index in [1.165, 1.54) is 24.0 Å². The van der Waals surface area contributed by atoms with Crippen molar-refractivity contribution < 1.29 is 18.0 Å². The van der Waals surface area contributed by atoms with E-state index in [-0.39, 0.29) is 17.0 Å². The quantitative estimate of drug-likeness (QED) is 0.727. The molecule has 0 saturated heterocycles. The molecule has 2 nitrogen and oxygen atoms in total. The van der Waals surface area contributed by atoms with Crippen LogP contribution in [0.5, 0.6) is 0 Å². The van der Waals surface area contributed by atoms with E-state index in [2.05, 4.69) is 0 Å². The van der Waals surface area contributed by atoms with Crippen LogP contribution in [0, 0.1) is 6.92 Å². The van der Waals surface area contributed by atoms with Crippen molar-refractivity contribution in [2.24, 2.45) is 0 Å². The summed E-state index contributed by atoms with van der Waals surface area (Å²) >= 11 is 0. The van der Waals surface area contributed by atoms with Crippen molar-refractivity contribution >= 4 is 5.91 Å². The highest BCUT2D eigenvalue weighted by Crippen LogP contribution is 2.32. The third-order valence-electron chi connectivity index (χ3n) is 2.18. The average Bonchev–Trinajstić information content (AvgIpc) is 2.14. The maximum atomic E-state index is 12.4. The fourth-order valence-electron chi connectivity index (χ4n) is 1.37. The number of alkyl halides is 3. The van der Waals surface area contributed by atoms with Gasteiger partial charge in [0.25, 0.3) is 5.91 Å². The van der Waals surface area contributed by atoms with Gasteiger partial charge in [0.1, 0.15) is 0 Å².